The van der Waals surface area contributed by atoms with Gasteiger partial charge in [-0.3, -0.25) is 9.59 Å². The first-order valence-electron chi connectivity index (χ1n) is 11.9. The van der Waals surface area contributed by atoms with Gasteiger partial charge in [-0.15, -0.1) is 0 Å². The van der Waals surface area contributed by atoms with E-state index >= 15 is 0 Å². The van der Waals surface area contributed by atoms with Crippen LogP contribution in [0, 0.1) is 35.5 Å². The quantitative estimate of drug-likeness (QED) is 0.425. The molecule has 0 aromatic heterocycles. The Hall–Kier alpha value is -1.58. The topological polar surface area (TPSA) is 52.6 Å². The second-order valence-electron chi connectivity index (χ2n) is 9.96. The summed E-state index contributed by atoms with van der Waals surface area (Å²) in [7, 11) is 0. The van der Waals surface area contributed by atoms with Crippen LogP contribution in [-0.4, -0.2) is 24.1 Å². The van der Waals surface area contributed by atoms with Crippen LogP contribution in [0.3, 0.4) is 0 Å². The fourth-order valence-corrected chi connectivity index (χ4v) is 6.90. The number of carbonyl (C=O) groups excluding carboxylic acids is 2. The molecule has 4 saturated carbocycles. The Labute approximate surface area is 182 Å². The number of rotatable bonds is 4. The lowest BCUT2D eigenvalue weighted by atomic mass is 9.82. The third kappa shape index (κ3) is 5.00. The van der Waals surface area contributed by atoms with E-state index in [0.717, 1.165) is 17.8 Å². The fraction of sp³-hybridized carbons (Fsp3) is 0.769. The molecule has 4 aliphatic carbocycles. The van der Waals surface area contributed by atoms with Crippen LogP contribution >= 0.6 is 0 Å². The van der Waals surface area contributed by atoms with E-state index in [1.54, 1.807) is 11.1 Å². The summed E-state index contributed by atoms with van der Waals surface area (Å²) in [4.78, 5) is 21.8. The first-order valence-corrected chi connectivity index (χ1v) is 11.9. The summed E-state index contributed by atoms with van der Waals surface area (Å²) in [6, 6.07) is 0. The molecular weight excluding hydrogens is 376 g/mol. The minimum absolute atomic E-state index is 0.0905. The standard InChI is InChI=1S/2C13H20O2/c1-4-11-5-10-6-12(13(11)7-10)8(2)15-9(3)14;1-4-10-5-12-6-11(10)7-13(12)8(2)15-9(3)14/h4,8,10,12-13H,5-7H2,1-3H3;4,8,11-13H,5-7H2,1-3H3. The molecule has 0 aromatic carbocycles. The van der Waals surface area contributed by atoms with Crippen molar-refractivity contribution in [2.24, 2.45) is 35.5 Å². The molecule has 168 valence electrons. The summed E-state index contributed by atoms with van der Waals surface area (Å²) >= 11 is 0. The van der Waals surface area contributed by atoms with E-state index in [9.17, 15) is 9.59 Å². The number of allylic oxidation sites excluding steroid dienone is 4. The van der Waals surface area contributed by atoms with Crippen molar-refractivity contribution in [1.82, 2.24) is 0 Å². The third-order valence-corrected chi connectivity index (χ3v) is 8.13. The molecule has 0 spiro atoms. The monoisotopic (exact) mass is 416 g/mol. The minimum Gasteiger partial charge on any atom is -0.463 e. The van der Waals surface area contributed by atoms with Crippen molar-refractivity contribution in [3.63, 3.8) is 0 Å². The van der Waals surface area contributed by atoms with E-state index in [1.165, 1.54) is 52.4 Å². The number of esters is 2. The largest absolute Gasteiger partial charge is 0.463 e. The zero-order chi connectivity index (χ0) is 22.0. The summed E-state index contributed by atoms with van der Waals surface area (Å²) in [6.07, 6.45) is 12.3. The lowest BCUT2D eigenvalue weighted by Gasteiger charge is -2.29. The minimum atomic E-state index is -0.146. The summed E-state index contributed by atoms with van der Waals surface area (Å²) in [5, 5.41) is 0. The van der Waals surface area contributed by atoms with Gasteiger partial charge < -0.3 is 9.47 Å². The predicted molar refractivity (Wildman–Crippen MR) is 119 cm³/mol. The third-order valence-electron chi connectivity index (χ3n) is 8.13. The van der Waals surface area contributed by atoms with Crippen LogP contribution in [0.1, 0.15) is 80.1 Å². The smallest absolute Gasteiger partial charge is 0.302 e. The van der Waals surface area contributed by atoms with Crippen LogP contribution in [0.4, 0.5) is 0 Å². The maximum atomic E-state index is 10.9. The lowest BCUT2D eigenvalue weighted by molar-refractivity contribution is -0.149. The summed E-state index contributed by atoms with van der Waals surface area (Å²) in [5.41, 5.74) is 3.22. The highest BCUT2D eigenvalue weighted by molar-refractivity contribution is 5.66. The van der Waals surface area contributed by atoms with Crippen LogP contribution in [0.15, 0.2) is 23.3 Å². The van der Waals surface area contributed by atoms with Crippen molar-refractivity contribution in [3.8, 4) is 0 Å². The van der Waals surface area contributed by atoms with E-state index in [4.69, 9.17) is 9.47 Å². The summed E-state index contributed by atoms with van der Waals surface area (Å²) < 4.78 is 10.6. The van der Waals surface area contributed by atoms with Crippen LogP contribution in [0.25, 0.3) is 0 Å². The van der Waals surface area contributed by atoms with Crippen LogP contribution in [-0.2, 0) is 19.1 Å². The van der Waals surface area contributed by atoms with Crippen molar-refractivity contribution >= 4 is 11.9 Å². The van der Waals surface area contributed by atoms with Crippen molar-refractivity contribution in [2.45, 2.75) is 92.3 Å². The SMILES string of the molecule is CC=C1CC2CC1C(C(C)OC(C)=O)C2.CC=C1CC2CC1CC2C(C)OC(C)=O. The highest BCUT2D eigenvalue weighted by Gasteiger charge is 2.46. The highest BCUT2D eigenvalue weighted by Crippen LogP contribution is 2.53. The van der Waals surface area contributed by atoms with E-state index < -0.39 is 0 Å². The van der Waals surface area contributed by atoms with Gasteiger partial charge in [0, 0.05) is 19.8 Å². The van der Waals surface area contributed by atoms with Gasteiger partial charge in [0.25, 0.3) is 0 Å². The molecule has 0 heterocycles. The van der Waals surface area contributed by atoms with Crippen molar-refractivity contribution in [1.29, 1.82) is 0 Å². The Bertz CT molecular complexity index is 706. The van der Waals surface area contributed by atoms with Gasteiger partial charge in [0.1, 0.15) is 12.2 Å². The molecule has 4 fully saturated rings. The molecule has 30 heavy (non-hydrogen) atoms. The number of ether oxygens (including phenoxy) is 2. The van der Waals surface area contributed by atoms with Gasteiger partial charge in [-0.1, -0.05) is 23.3 Å². The van der Waals surface area contributed by atoms with Crippen molar-refractivity contribution in [3.05, 3.63) is 23.3 Å². The van der Waals surface area contributed by atoms with E-state index in [2.05, 4.69) is 26.0 Å². The molecule has 0 saturated heterocycles. The Morgan fingerprint density at radius 1 is 0.833 bits per heavy atom. The van der Waals surface area contributed by atoms with Crippen molar-refractivity contribution in [2.75, 3.05) is 0 Å². The first-order chi connectivity index (χ1) is 14.2. The van der Waals surface area contributed by atoms with E-state index in [0.29, 0.717) is 17.8 Å². The molecule has 4 aliphatic rings. The van der Waals surface area contributed by atoms with Gasteiger partial charge in [-0.25, -0.2) is 0 Å². The molecule has 0 aliphatic heterocycles. The molecule has 4 nitrogen and oxygen atoms in total. The van der Waals surface area contributed by atoms with Gasteiger partial charge in [-0.05, 0) is 95.8 Å². The molecule has 4 rings (SSSR count). The number of carbonyl (C=O) groups is 2. The average molecular weight is 417 g/mol. The molecular formula is C26H40O4. The molecule has 0 N–H and O–H groups in total. The lowest BCUT2D eigenvalue weighted by Crippen LogP contribution is -2.28. The number of hydrogen-bond acceptors (Lipinski definition) is 4. The van der Waals surface area contributed by atoms with Gasteiger partial charge in [0.05, 0.1) is 0 Å². The fourth-order valence-electron chi connectivity index (χ4n) is 6.90. The Kier molecular flexibility index (Phi) is 7.47. The van der Waals surface area contributed by atoms with Crippen LogP contribution in [0.2, 0.25) is 0 Å². The Morgan fingerprint density at radius 3 is 1.90 bits per heavy atom. The Balaban J connectivity index is 0.000000171. The van der Waals surface area contributed by atoms with Crippen LogP contribution in [0.5, 0.6) is 0 Å². The second kappa shape index (κ2) is 9.70. The molecule has 0 radical (unpaired) electrons. The normalized spacial score (nSPS) is 38.3. The highest BCUT2D eigenvalue weighted by atomic mass is 16.5. The first kappa shape index (κ1) is 23.1. The summed E-state index contributed by atoms with van der Waals surface area (Å²) in [5.74, 6) is 3.96. The van der Waals surface area contributed by atoms with Crippen LogP contribution < -0.4 is 0 Å². The summed E-state index contributed by atoms with van der Waals surface area (Å²) in [6.45, 7) is 11.4. The van der Waals surface area contributed by atoms with Gasteiger partial charge >= 0.3 is 11.9 Å². The van der Waals surface area contributed by atoms with Gasteiger partial charge in [-0.2, -0.15) is 0 Å². The predicted octanol–water partition coefficient (Wildman–Crippen LogP) is 5.86. The Morgan fingerprint density at radius 2 is 1.43 bits per heavy atom. The number of hydrogen-bond donors (Lipinski definition) is 0. The molecule has 0 amide bonds. The molecule has 0 aromatic rings. The average Bonchev–Trinajstić information content (AvgIpc) is 3.45. The van der Waals surface area contributed by atoms with E-state index in [-0.39, 0.29) is 24.1 Å². The van der Waals surface area contributed by atoms with E-state index in [1.807, 2.05) is 13.8 Å². The molecule has 8 unspecified atom stereocenters. The van der Waals surface area contributed by atoms with Crippen molar-refractivity contribution < 1.29 is 19.1 Å². The maximum absolute atomic E-state index is 10.9. The van der Waals surface area contributed by atoms with Gasteiger partial charge in [0.2, 0.25) is 0 Å². The zero-order valence-corrected chi connectivity index (χ0v) is 19.6. The molecule has 8 atom stereocenters. The molecule has 4 bridgehead atoms. The second-order valence-corrected chi connectivity index (χ2v) is 9.96. The zero-order valence-electron chi connectivity index (χ0n) is 19.6. The maximum Gasteiger partial charge on any atom is 0.302 e. The molecule has 4 heteroatoms. The van der Waals surface area contributed by atoms with Gasteiger partial charge in [0.15, 0.2) is 0 Å². The number of fused-ring (bicyclic) bond motifs is 4.